The summed E-state index contributed by atoms with van der Waals surface area (Å²) in [4.78, 5) is 0. The van der Waals surface area contributed by atoms with Crippen molar-refractivity contribution in [2.24, 2.45) is 0 Å². The molecule has 1 N–H and O–H groups in total. The highest BCUT2D eigenvalue weighted by atomic mass is 79.9. The third-order valence-electron chi connectivity index (χ3n) is 3.96. The minimum atomic E-state index is 0.816. The van der Waals surface area contributed by atoms with Crippen molar-refractivity contribution < 1.29 is 0 Å². The molecule has 118 valence electrons. The van der Waals surface area contributed by atoms with Gasteiger partial charge >= 0.3 is 0 Å². The lowest BCUT2D eigenvalue weighted by Gasteiger charge is -2.07. The number of aryl methyl sites for hydroxylation is 1. The van der Waals surface area contributed by atoms with E-state index in [1.54, 1.807) is 0 Å². The minimum absolute atomic E-state index is 0.816. The lowest BCUT2D eigenvalue weighted by molar-refractivity contribution is 0.687. The average Bonchev–Trinajstić information content (AvgIpc) is 2.84. The highest BCUT2D eigenvalue weighted by molar-refractivity contribution is 9.10. The topological polar surface area (TPSA) is 29.9 Å². The van der Waals surface area contributed by atoms with Crippen molar-refractivity contribution in [1.82, 2.24) is 15.1 Å². The van der Waals surface area contributed by atoms with Crippen molar-refractivity contribution in [3.8, 4) is 5.69 Å². The molecule has 0 aliphatic heterocycles. The predicted octanol–water partition coefficient (Wildman–Crippen LogP) is 4.54. The van der Waals surface area contributed by atoms with E-state index in [2.05, 4.69) is 70.5 Å². The molecule has 0 aliphatic rings. The second-order valence-corrected chi connectivity index (χ2v) is 6.55. The molecule has 0 fully saturated rings. The van der Waals surface area contributed by atoms with Crippen LogP contribution in [0.5, 0.6) is 0 Å². The smallest absolute Gasteiger partial charge is 0.0648 e. The molecule has 2 aromatic carbocycles. The van der Waals surface area contributed by atoms with E-state index in [0.29, 0.717) is 0 Å². The van der Waals surface area contributed by atoms with Gasteiger partial charge in [0.15, 0.2) is 0 Å². The van der Waals surface area contributed by atoms with Crippen LogP contribution >= 0.6 is 15.9 Å². The molecule has 1 aromatic heterocycles. The number of para-hydroxylation sites is 1. The number of nitrogens with zero attached hydrogens (tertiary/aromatic N) is 2. The molecule has 3 nitrogen and oxygen atoms in total. The second-order valence-electron chi connectivity index (χ2n) is 5.63. The molecule has 0 saturated carbocycles. The average molecular weight is 370 g/mol. The molecule has 0 amide bonds. The van der Waals surface area contributed by atoms with Gasteiger partial charge in [-0.15, -0.1) is 0 Å². The lowest BCUT2D eigenvalue weighted by Crippen LogP contribution is -2.14. The highest BCUT2D eigenvalue weighted by Crippen LogP contribution is 2.18. The number of hydrogen-bond acceptors (Lipinski definition) is 2. The van der Waals surface area contributed by atoms with Crippen LogP contribution in [-0.4, -0.2) is 9.78 Å². The third-order valence-corrected chi connectivity index (χ3v) is 4.46. The standard InChI is InChI=1S/C19H20BrN3/c1-14-19(13-21-12-16-7-6-8-17(20)11-16)15(2)23(22-14)18-9-4-3-5-10-18/h3-11,21H,12-13H2,1-2H3. The first-order valence-electron chi connectivity index (χ1n) is 7.71. The van der Waals surface area contributed by atoms with E-state index >= 15 is 0 Å². The molecule has 4 heteroatoms. The highest BCUT2D eigenvalue weighted by Gasteiger charge is 2.12. The number of rotatable bonds is 5. The molecule has 0 radical (unpaired) electrons. The molecular weight excluding hydrogens is 350 g/mol. The number of nitrogens with one attached hydrogen (secondary N) is 1. The molecular formula is C19H20BrN3. The fourth-order valence-electron chi connectivity index (χ4n) is 2.73. The summed E-state index contributed by atoms with van der Waals surface area (Å²) in [6, 6.07) is 18.6. The molecule has 0 bridgehead atoms. The largest absolute Gasteiger partial charge is 0.308 e. The molecule has 3 aromatic rings. The Morgan fingerprint density at radius 3 is 2.52 bits per heavy atom. The Bertz CT molecular complexity index is 794. The number of benzene rings is 2. The first kappa shape index (κ1) is 16.0. The van der Waals surface area contributed by atoms with E-state index in [1.165, 1.54) is 16.8 Å². The van der Waals surface area contributed by atoms with Crippen LogP contribution in [0.15, 0.2) is 59.1 Å². The first-order valence-corrected chi connectivity index (χ1v) is 8.50. The van der Waals surface area contributed by atoms with Crippen LogP contribution in [-0.2, 0) is 13.1 Å². The fourth-order valence-corrected chi connectivity index (χ4v) is 3.18. The molecule has 1 heterocycles. The van der Waals surface area contributed by atoms with Crippen molar-refractivity contribution >= 4 is 15.9 Å². The van der Waals surface area contributed by atoms with Gasteiger partial charge < -0.3 is 5.32 Å². The fraction of sp³-hybridized carbons (Fsp3) is 0.211. The van der Waals surface area contributed by atoms with Crippen LogP contribution < -0.4 is 5.32 Å². The molecule has 3 rings (SSSR count). The van der Waals surface area contributed by atoms with E-state index in [9.17, 15) is 0 Å². The molecule has 0 unspecified atom stereocenters. The zero-order valence-electron chi connectivity index (χ0n) is 13.4. The summed E-state index contributed by atoms with van der Waals surface area (Å²) >= 11 is 3.51. The Morgan fingerprint density at radius 1 is 1.00 bits per heavy atom. The number of hydrogen-bond donors (Lipinski definition) is 1. The Balaban J connectivity index is 1.72. The van der Waals surface area contributed by atoms with Crippen molar-refractivity contribution in [1.29, 1.82) is 0 Å². The van der Waals surface area contributed by atoms with Gasteiger partial charge in [0.05, 0.1) is 11.4 Å². The van der Waals surface area contributed by atoms with Crippen LogP contribution in [0, 0.1) is 13.8 Å². The Morgan fingerprint density at radius 2 is 1.78 bits per heavy atom. The van der Waals surface area contributed by atoms with Crippen LogP contribution in [0.4, 0.5) is 0 Å². The van der Waals surface area contributed by atoms with Gasteiger partial charge in [-0.25, -0.2) is 4.68 Å². The summed E-state index contributed by atoms with van der Waals surface area (Å²) < 4.78 is 3.13. The maximum absolute atomic E-state index is 4.69. The van der Waals surface area contributed by atoms with Crippen molar-refractivity contribution in [2.45, 2.75) is 26.9 Å². The van der Waals surface area contributed by atoms with Gasteiger partial charge in [-0.1, -0.05) is 46.3 Å². The van der Waals surface area contributed by atoms with Crippen LogP contribution in [0.2, 0.25) is 0 Å². The number of halogens is 1. The number of aromatic nitrogens is 2. The van der Waals surface area contributed by atoms with E-state index in [0.717, 1.165) is 28.9 Å². The van der Waals surface area contributed by atoms with Crippen molar-refractivity contribution in [2.75, 3.05) is 0 Å². The van der Waals surface area contributed by atoms with Gasteiger partial charge in [0.25, 0.3) is 0 Å². The summed E-state index contributed by atoms with van der Waals surface area (Å²) in [5, 5.41) is 8.21. The van der Waals surface area contributed by atoms with Crippen LogP contribution in [0.25, 0.3) is 5.69 Å². The van der Waals surface area contributed by atoms with Crippen molar-refractivity contribution in [3.05, 3.63) is 81.6 Å². The normalized spacial score (nSPS) is 10.9. The van der Waals surface area contributed by atoms with Gasteiger partial charge in [-0.2, -0.15) is 5.10 Å². The maximum atomic E-state index is 4.69. The van der Waals surface area contributed by atoms with Gasteiger partial charge in [-0.05, 0) is 43.7 Å². The summed E-state index contributed by atoms with van der Waals surface area (Å²) in [5.74, 6) is 0. The molecule has 0 spiro atoms. The van der Waals surface area contributed by atoms with Gasteiger partial charge in [-0.3, -0.25) is 0 Å². The van der Waals surface area contributed by atoms with Gasteiger partial charge in [0.2, 0.25) is 0 Å². The lowest BCUT2D eigenvalue weighted by atomic mass is 10.2. The van der Waals surface area contributed by atoms with Crippen LogP contribution in [0.1, 0.15) is 22.5 Å². The minimum Gasteiger partial charge on any atom is -0.308 e. The third kappa shape index (κ3) is 3.71. The van der Waals surface area contributed by atoms with E-state index < -0.39 is 0 Å². The molecule has 0 atom stereocenters. The summed E-state index contributed by atoms with van der Waals surface area (Å²) in [7, 11) is 0. The summed E-state index contributed by atoms with van der Waals surface area (Å²) in [6.45, 7) is 5.86. The molecule has 0 aliphatic carbocycles. The quantitative estimate of drug-likeness (QED) is 0.715. The second kappa shape index (κ2) is 7.11. The van der Waals surface area contributed by atoms with E-state index in [-0.39, 0.29) is 0 Å². The molecule has 0 saturated heterocycles. The van der Waals surface area contributed by atoms with E-state index in [1.807, 2.05) is 28.9 Å². The maximum Gasteiger partial charge on any atom is 0.0648 e. The van der Waals surface area contributed by atoms with Gasteiger partial charge in [0, 0.05) is 28.8 Å². The Kier molecular flexibility index (Phi) is 4.94. The zero-order chi connectivity index (χ0) is 16.2. The summed E-state index contributed by atoms with van der Waals surface area (Å²) in [6.07, 6.45) is 0. The Hall–Kier alpha value is -1.91. The van der Waals surface area contributed by atoms with Gasteiger partial charge in [0.1, 0.15) is 0 Å². The van der Waals surface area contributed by atoms with E-state index in [4.69, 9.17) is 0 Å². The van der Waals surface area contributed by atoms with Crippen LogP contribution in [0.3, 0.4) is 0 Å². The molecule has 23 heavy (non-hydrogen) atoms. The Labute approximate surface area is 145 Å². The zero-order valence-corrected chi connectivity index (χ0v) is 15.0. The summed E-state index contributed by atoms with van der Waals surface area (Å²) in [5.41, 5.74) is 5.91. The monoisotopic (exact) mass is 369 g/mol. The van der Waals surface area contributed by atoms with Crippen molar-refractivity contribution in [3.63, 3.8) is 0 Å². The predicted molar refractivity (Wildman–Crippen MR) is 97.7 cm³/mol. The SMILES string of the molecule is Cc1nn(-c2ccccc2)c(C)c1CNCc1cccc(Br)c1. The first-order chi connectivity index (χ1) is 11.1.